The van der Waals surface area contributed by atoms with Gasteiger partial charge < -0.3 is 4.74 Å². The van der Waals surface area contributed by atoms with E-state index in [1.165, 1.54) is 25.7 Å². The summed E-state index contributed by atoms with van der Waals surface area (Å²) >= 11 is 16.2. The predicted octanol–water partition coefficient (Wildman–Crippen LogP) is 6.02. The SMILES string of the molecule is COc1cc(Cl)c(C(Br)CC2CCCC2)cc1Cl. The van der Waals surface area contributed by atoms with Crippen molar-refractivity contribution in [3.63, 3.8) is 0 Å². The smallest absolute Gasteiger partial charge is 0.138 e. The van der Waals surface area contributed by atoms with Gasteiger partial charge in [0.2, 0.25) is 0 Å². The minimum absolute atomic E-state index is 0.275. The van der Waals surface area contributed by atoms with Crippen molar-refractivity contribution in [3.8, 4) is 5.75 Å². The van der Waals surface area contributed by atoms with Crippen molar-refractivity contribution in [1.82, 2.24) is 0 Å². The average molecular weight is 352 g/mol. The molecule has 1 unspecified atom stereocenters. The summed E-state index contributed by atoms with van der Waals surface area (Å²) < 4.78 is 5.16. The molecule has 4 heteroatoms. The van der Waals surface area contributed by atoms with Crippen LogP contribution in [0.25, 0.3) is 0 Å². The number of hydrogen-bond donors (Lipinski definition) is 0. The lowest BCUT2D eigenvalue weighted by molar-refractivity contribution is 0.415. The molecule has 0 radical (unpaired) electrons. The topological polar surface area (TPSA) is 9.23 Å². The van der Waals surface area contributed by atoms with Gasteiger partial charge in [-0.15, -0.1) is 0 Å². The van der Waals surface area contributed by atoms with E-state index in [1.54, 1.807) is 13.2 Å². The number of hydrogen-bond acceptors (Lipinski definition) is 1. The highest BCUT2D eigenvalue weighted by atomic mass is 79.9. The zero-order valence-electron chi connectivity index (χ0n) is 10.4. The fraction of sp³-hybridized carbons (Fsp3) is 0.571. The molecule has 18 heavy (non-hydrogen) atoms. The number of ether oxygens (including phenoxy) is 1. The molecule has 1 aromatic carbocycles. The maximum Gasteiger partial charge on any atom is 0.138 e. The van der Waals surface area contributed by atoms with Crippen LogP contribution in [0.4, 0.5) is 0 Å². The van der Waals surface area contributed by atoms with Crippen molar-refractivity contribution in [3.05, 3.63) is 27.7 Å². The van der Waals surface area contributed by atoms with Crippen molar-refractivity contribution in [2.45, 2.75) is 36.9 Å². The zero-order chi connectivity index (χ0) is 13.1. The van der Waals surface area contributed by atoms with Gasteiger partial charge in [0.15, 0.2) is 0 Å². The molecule has 0 aromatic heterocycles. The quantitative estimate of drug-likeness (QED) is 0.603. The van der Waals surface area contributed by atoms with Crippen LogP contribution in [-0.2, 0) is 0 Å². The van der Waals surface area contributed by atoms with Crippen LogP contribution in [0.1, 0.15) is 42.5 Å². The average Bonchev–Trinajstić information content (AvgIpc) is 2.84. The van der Waals surface area contributed by atoms with Crippen molar-refractivity contribution in [2.75, 3.05) is 7.11 Å². The lowest BCUT2D eigenvalue weighted by atomic mass is 9.98. The third-order valence-corrected chi connectivity index (χ3v) is 5.11. The monoisotopic (exact) mass is 350 g/mol. The van der Waals surface area contributed by atoms with E-state index >= 15 is 0 Å². The first kappa shape index (κ1) is 14.5. The minimum atomic E-state index is 0.275. The van der Waals surface area contributed by atoms with Crippen LogP contribution in [0.3, 0.4) is 0 Å². The zero-order valence-corrected chi connectivity index (χ0v) is 13.5. The molecule has 0 bridgehead atoms. The highest BCUT2D eigenvalue weighted by Crippen LogP contribution is 2.42. The summed E-state index contributed by atoms with van der Waals surface area (Å²) in [6, 6.07) is 3.71. The first-order chi connectivity index (χ1) is 8.61. The van der Waals surface area contributed by atoms with E-state index in [9.17, 15) is 0 Å². The summed E-state index contributed by atoms with van der Waals surface area (Å²) in [6.45, 7) is 0. The summed E-state index contributed by atoms with van der Waals surface area (Å²) in [5.41, 5.74) is 1.06. The van der Waals surface area contributed by atoms with E-state index in [2.05, 4.69) is 15.9 Å². The fourth-order valence-electron chi connectivity index (χ4n) is 2.61. The van der Waals surface area contributed by atoms with Crippen LogP contribution in [0.15, 0.2) is 12.1 Å². The molecule has 1 atom stereocenters. The predicted molar refractivity (Wildman–Crippen MR) is 81.3 cm³/mol. The fourth-order valence-corrected chi connectivity index (χ4v) is 4.18. The molecule has 0 aliphatic heterocycles. The van der Waals surface area contributed by atoms with Gasteiger partial charge in [-0.3, -0.25) is 0 Å². The van der Waals surface area contributed by atoms with Crippen LogP contribution < -0.4 is 4.74 Å². The van der Waals surface area contributed by atoms with Gasteiger partial charge in [-0.05, 0) is 24.0 Å². The van der Waals surface area contributed by atoms with Gasteiger partial charge in [-0.1, -0.05) is 64.8 Å². The highest BCUT2D eigenvalue weighted by Gasteiger charge is 2.22. The summed E-state index contributed by atoms with van der Waals surface area (Å²) in [7, 11) is 1.60. The van der Waals surface area contributed by atoms with Gasteiger partial charge in [0.1, 0.15) is 5.75 Å². The van der Waals surface area contributed by atoms with Gasteiger partial charge in [0.25, 0.3) is 0 Å². The maximum atomic E-state index is 6.29. The normalized spacial score (nSPS) is 18.0. The van der Waals surface area contributed by atoms with Gasteiger partial charge in [0, 0.05) is 15.9 Å². The second kappa shape index (κ2) is 6.49. The standard InChI is InChI=1S/C14H17BrCl2O/c1-18-14-8-12(16)10(7-13(14)17)11(15)6-9-4-2-3-5-9/h7-9,11H,2-6H2,1H3. The number of rotatable bonds is 4. The molecule has 0 saturated heterocycles. The summed E-state index contributed by atoms with van der Waals surface area (Å²) in [5.74, 6) is 1.44. The van der Waals surface area contributed by atoms with Gasteiger partial charge in [-0.25, -0.2) is 0 Å². The van der Waals surface area contributed by atoms with Gasteiger partial charge in [-0.2, -0.15) is 0 Å². The Morgan fingerprint density at radius 2 is 1.94 bits per heavy atom. The summed E-state index contributed by atoms with van der Waals surface area (Å²) in [4.78, 5) is 0.275. The second-order valence-corrected chi connectivity index (χ2v) is 6.78. The largest absolute Gasteiger partial charge is 0.495 e. The van der Waals surface area contributed by atoms with Gasteiger partial charge in [0.05, 0.1) is 12.1 Å². The first-order valence-electron chi connectivity index (χ1n) is 6.28. The third kappa shape index (κ3) is 3.34. The molecule has 1 saturated carbocycles. The molecule has 1 fully saturated rings. The molecule has 1 nitrogen and oxygen atoms in total. The maximum absolute atomic E-state index is 6.29. The minimum Gasteiger partial charge on any atom is -0.495 e. The molecule has 0 spiro atoms. The lowest BCUT2D eigenvalue weighted by Gasteiger charge is -2.17. The van der Waals surface area contributed by atoms with E-state index in [1.807, 2.05) is 6.07 Å². The van der Waals surface area contributed by atoms with Crippen LogP contribution in [0, 0.1) is 5.92 Å². The Morgan fingerprint density at radius 3 is 2.56 bits per heavy atom. The van der Waals surface area contributed by atoms with E-state index in [0.29, 0.717) is 10.8 Å². The van der Waals surface area contributed by atoms with E-state index in [0.717, 1.165) is 22.9 Å². The molecule has 1 aromatic rings. The highest BCUT2D eigenvalue weighted by molar-refractivity contribution is 9.09. The molecule has 100 valence electrons. The molecule has 1 aliphatic carbocycles. The van der Waals surface area contributed by atoms with Crippen LogP contribution in [0.2, 0.25) is 10.0 Å². The molecule has 0 amide bonds. The Kier molecular flexibility index (Phi) is 5.23. The second-order valence-electron chi connectivity index (χ2n) is 4.86. The first-order valence-corrected chi connectivity index (χ1v) is 7.96. The van der Waals surface area contributed by atoms with E-state index < -0.39 is 0 Å². The number of methoxy groups -OCH3 is 1. The molecular weight excluding hydrogens is 335 g/mol. The molecular formula is C14H17BrCl2O. The molecule has 2 rings (SSSR count). The molecule has 1 aliphatic rings. The Morgan fingerprint density at radius 1 is 1.28 bits per heavy atom. The van der Waals surface area contributed by atoms with Crippen LogP contribution in [-0.4, -0.2) is 7.11 Å². The Labute approximate surface area is 127 Å². The third-order valence-electron chi connectivity index (χ3n) is 3.62. The van der Waals surface area contributed by atoms with Crippen molar-refractivity contribution in [1.29, 1.82) is 0 Å². The number of halogens is 3. The number of benzene rings is 1. The summed E-state index contributed by atoms with van der Waals surface area (Å²) in [6.07, 6.45) is 6.53. The Balaban J connectivity index is 2.13. The lowest BCUT2D eigenvalue weighted by Crippen LogP contribution is -2.00. The van der Waals surface area contributed by atoms with E-state index in [-0.39, 0.29) is 4.83 Å². The van der Waals surface area contributed by atoms with Crippen LogP contribution in [0.5, 0.6) is 5.75 Å². The van der Waals surface area contributed by atoms with Crippen molar-refractivity contribution in [2.24, 2.45) is 5.92 Å². The van der Waals surface area contributed by atoms with Crippen LogP contribution >= 0.6 is 39.1 Å². The van der Waals surface area contributed by atoms with Gasteiger partial charge >= 0.3 is 0 Å². The van der Waals surface area contributed by atoms with E-state index in [4.69, 9.17) is 27.9 Å². The summed E-state index contributed by atoms with van der Waals surface area (Å²) in [5, 5.41) is 1.34. The Hall–Kier alpha value is 0.0800. The van der Waals surface area contributed by atoms with Crippen molar-refractivity contribution < 1.29 is 4.74 Å². The van der Waals surface area contributed by atoms with Crippen molar-refractivity contribution >= 4 is 39.1 Å². The Bertz CT molecular complexity index is 417. The molecule has 0 N–H and O–H groups in total. The molecule has 0 heterocycles. The number of alkyl halides is 1.